The van der Waals surface area contributed by atoms with E-state index in [9.17, 15) is 0 Å². The lowest BCUT2D eigenvalue weighted by Gasteiger charge is -2.40. The molecule has 0 saturated heterocycles. The molecular formula is C14H20ClN3O. The van der Waals surface area contributed by atoms with Gasteiger partial charge in [0.05, 0.1) is 0 Å². The van der Waals surface area contributed by atoms with Crippen LogP contribution in [0.1, 0.15) is 31.2 Å². The number of hydrogen-bond donors (Lipinski definition) is 3. The van der Waals surface area contributed by atoms with E-state index in [1.165, 1.54) is 6.42 Å². The molecule has 0 unspecified atom stereocenters. The lowest BCUT2D eigenvalue weighted by molar-refractivity contribution is 0.283. The number of nitrogen functional groups attached to an aromatic ring is 1. The van der Waals surface area contributed by atoms with Crippen LogP contribution in [-0.2, 0) is 0 Å². The predicted molar refractivity (Wildman–Crippen MR) is 79.2 cm³/mol. The normalized spacial score (nSPS) is 15.1. The molecule has 1 saturated carbocycles. The second-order valence-electron chi connectivity index (χ2n) is 4.93. The number of nitrogens with zero attached hydrogens (tertiary/aromatic N) is 1. The van der Waals surface area contributed by atoms with E-state index in [0.29, 0.717) is 16.6 Å². The fraction of sp³-hybridized carbons (Fsp3) is 0.500. The first-order valence-corrected chi connectivity index (χ1v) is 7.02. The zero-order chi connectivity index (χ0) is 13.8. The number of aliphatic hydroxyl groups excluding tert-OH is 1. The number of anilines is 1. The van der Waals surface area contributed by atoms with E-state index in [1.807, 2.05) is 12.1 Å². The maximum absolute atomic E-state index is 9.04. The Morgan fingerprint density at radius 3 is 2.74 bits per heavy atom. The van der Waals surface area contributed by atoms with Gasteiger partial charge in [0, 0.05) is 35.5 Å². The van der Waals surface area contributed by atoms with Gasteiger partial charge in [-0.15, -0.1) is 0 Å². The number of rotatable bonds is 6. The summed E-state index contributed by atoms with van der Waals surface area (Å²) in [5.74, 6) is 0.0332. The summed E-state index contributed by atoms with van der Waals surface area (Å²) in [5, 5.41) is 17.3. The Morgan fingerprint density at radius 2 is 2.21 bits per heavy atom. The average molecular weight is 282 g/mol. The van der Waals surface area contributed by atoms with Gasteiger partial charge in [-0.05, 0) is 43.9 Å². The monoisotopic (exact) mass is 281 g/mol. The van der Waals surface area contributed by atoms with E-state index >= 15 is 0 Å². The number of halogens is 1. The van der Waals surface area contributed by atoms with Crippen molar-refractivity contribution in [1.29, 1.82) is 5.41 Å². The molecule has 0 aliphatic heterocycles. The van der Waals surface area contributed by atoms with Gasteiger partial charge in [0.15, 0.2) is 0 Å². The molecule has 19 heavy (non-hydrogen) atoms. The van der Waals surface area contributed by atoms with Crippen molar-refractivity contribution in [1.82, 2.24) is 0 Å². The molecule has 0 spiro atoms. The van der Waals surface area contributed by atoms with Crippen molar-refractivity contribution in [3.05, 3.63) is 28.8 Å². The molecule has 104 valence electrons. The van der Waals surface area contributed by atoms with E-state index in [0.717, 1.165) is 31.5 Å². The Hall–Kier alpha value is -1.26. The Balaban J connectivity index is 2.31. The Kier molecular flexibility index (Phi) is 4.66. The van der Waals surface area contributed by atoms with Gasteiger partial charge in [0.1, 0.15) is 5.84 Å². The molecule has 2 rings (SSSR count). The minimum Gasteiger partial charge on any atom is -0.396 e. The molecule has 4 nitrogen and oxygen atoms in total. The maximum atomic E-state index is 9.04. The number of amidine groups is 1. The van der Waals surface area contributed by atoms with Crippen molar-refractivity contribution in [2.45, 2.75) is 31.7 Å². The lowest BCUT2D eigenvalue weighted by atomic mass is 9.90. The molecule has 0 aromatic heterocycles. The smallest absolute Gasteiger partial charge is 0.124 e. The van der Waals surface area contributed by atoms with E-state index in [2.05, 4.69) is 4.90 Å². The van der Waals surface area contributed by atoms with Crippen LogP contribution >= 0.6 is 11.6 Å². The molecule has 1 aliphatic rings. The zero-order valence-corrected chi connectivity index (χ0v) is 11.7. The van der Waals surface area contributed by atoms with Crippen LogP contribution in [-0.4, -0.2) is 30.1 Å². The topological polar surface area (TPSA) is 73.3 Å². The molecule has 1 fully saturated rings. The van der Waals surface area contributed by atoms with E-state index < -0.39 is 0 Å². The molecule has 4 N–H and O–H groups in total. The summed E-state index contributed by atoms with van der Waals surface area (Å²) in [5.41, 5.74) is 7.29. The first kappa shape index (κ1) is 14.2. The second-order valence-corrected chi connectivity index (χ2v) is 5.37. The maximum Gasteiger partial charge on any atom is 0.124 e. The lowest BCUT2D eigenvalue weighted by Crippen LogP contribution is -2.42. The molecule has 0 amide bonds. The molecule has 0 radical (unpaired) electrons. The second kappa shape index (κ2) is 6.26. The van der Waals surface area contributed by atoms with Gasteiger partial charge in [0.25, 0.3) is 0 Å². The minimum absolute atomic E-state index is 0.0332. The number of nitrogens with one attached hydrogen (secondary N) is 1. The summed E-state index contributed by atoms with van der Waals surface area (Å²) in [6.45, 7) is 0.954. The highest BCUT2D eigenvalue weighted by Gasteiger charge is 2.26. The molecule has 5 heteroatoms. The molecule has 0 bridgehead atoms. The van der Waals surface area contributed by atoms with Crippen molar-refractivity contribution >= 4 is 23.1 Å². The van der Waals surface area contributed by atoms with Crippen LogP contribution in [0.3, 0.4) is 0 Å². The summed E-state index contributed by atoms with van der Waals surface area (Å²) < 4.78 is 0. The fourth-order valence-electron chi connectivity index (χ4n) is 2.41. The predicted octanol–water partition coefficient (Wildman–Crippen LogP) is 2.37. The molecule has 0 atom stereocenters. The van der Waals surface area contributed by atoms with Gasteiger partial charge < -0.3 is 15.7 Å². The van der Waals surface area contributed by atoms with Crippen LogP contribution in [0.25, 0.3) is 0 Å². The summed E-state index contributed by atoms with van der Waals surface area (Å²) in [6.07, 6.45) is 4.27. The van der Waals surface area contributed by atoms with Gasteiger partial charge in [-0.2, -0.15) is 0 Å². The van der Waals surface area contributed by atoms with Gasteiger partial charge in [-0.3, -0.25) is 5.41 Å². The molecule has 1 aliphatic carbocycles. The highest BCUT2D eigenvalue weighted by molar-refractivity contribution is 6.31. The third-order valence-electron chi connectivity index (χ3n) is 3.63. The first-order valence-electron chi connectivity index (χ1n) is 6.65. The summed E-state index contributed by atoms with van der Waals surface area (Å²) in [7, 11) is 0. The Bertz CT molecular complexity index is 460. The van der Waals surface area contributed by atoms with Gasteiger partial charge >= 0.3 is 0 Å². The van der Waals surface area contributed by atoms with Crippen LogP contribution < -0.4 is 10.6 Å². The van der Waals surface area contributed by atoms with Crippen molar-refractivity contribution in [2.24, 2.45) is 5.73 Å². The quantitative estimate of drug-likeness (QED) is 0.554. The van der Waals surface area contributed by atoms with Crippen LogP contribution in [0, 0.1) is 5.41 Å². The van der Waals surface area contributed by atoms with Crippen molar-refractivity contribution in [2.75, 3.05) is 18.1 Å². The van der Waals surface area contributed by atoms with E-state index in [4.69, 9.17) is 27.9 Å². The van der Waals surface area contributed by atoms with E-state index in [-0.39, 0.29) is 12.4 Å². The number of benzene rings is 1. The van der Waals surface area contributed by atoms with Crippen LogP contribution in [0.5, 0.6) is 0 Å². The SMILES string of the molecule is N=C(N)c1cc(Cl)ccc1N(CCCO)C1CCC1. The number of hydrogen-bond acceptors (Lipinski definition) is 3. The number of nitrogens with two attached hydrogens (primary N) is 1. The molecular weight excluding hydrogens is 262 g/mol. The fourth-order valence-corrected chi connectivity index (χ4v) is 2.59. The van der Waals surface area contributed by atoms with Gasteiger partial charge in [0.2, 0.25) is 0 Å². The highest BCUT2D eigenvalue weighted by atomic mass is 35.5. The average Bonchev–Trinajstić information content (AvgIpc) is 2.32. The summed E-state index contributed by atoms with van der Waals surface area (Å²) >= 11 is 5.99. The largest absolute Gasteiger partial charge is 0.396 e. The molecule has 0 heterocycles. The summed E-state index contributed by atoms with van der Waals surface area (Å²) in [4.78, 5) is 2.26. The highest BCUT2D eigenvalue weighted by Crippen LogP contribution is 2.32. The van der Waals surface area contributed by atoms with Crippen LogP contribution in [0.2, 0.25) is 5.02 Å². The van der Waals surface area contributed by atoms with Crippen molar-refractivity contribution in [3.8, 4) is 0 Å². The third kappa shape index (κ3) is 3.19. The van der Waals surface area contributed by atoms with Crippen LogP contribution in [0.15, 0.2) is 18.2 Å². The number of aliphatic hydroxyl groups is 1. The Labute approximate surface area is 118 Å². The first-order chi connectivity index (χ1) is 9.13. The molecule has 1 aromatic rings. The van der Waals surface area contributed by atoms with Crippen molar-refractivity contribution in [3.63, 3.8) is 0 Å². The third-order valence-corrected chi connectivity index (χ3v) is 3.87. The standard InChI is InChI=1S/C14H20ClN3O/c15-10-5-6-13(12(9-10)14(16)17)18(7-2-8-19)11-3-1-4-11/h5-6,9,11,19H,1-4,7-8H2,(H3,16,17). The summed E-state index contributed by atoms with van der Waals surface area (Å²) in [6, 6.07) is 5.98. The van der Waals surface area contributed by atoms with Gasteiger partial charge in [-0.25, -0.2) is 0 Å². The van der Waals surface area contributed by atoms with Crippen molar-refractivity contribution < 1.29 is 5.11 Å². The van der Waals surface area contributed by atoms with Gasteiger partial charge in [-0.1, -0.05) is 11.6 Å². The molecule has 1 aromatic carbocycles. The Morgan fingerprint density at radius 1 is 1.47 bits per heavy atom. The van der Waals surface area contributed by atoms with E-state index in [1.54, 1.807) is 6.07 Å². The minimum atomic E-state index is 0.0332. The zero-order valence-electron chi connectivity index (χ0n) is 10.9. The van der Waals surface area contributed by atoms with Crippen LogP contribution in [0.4, 0.5) is 5.69 Å².